The number of rotatable bonds is 0. The number of halogens is 1. The summed E-state index contributed by atoms with van der Waals surface area (Å²) in [5.41, 5.74) is 0. The normalized spacial score (nSPS) is 59.0. The molecule has 2 nitrogen and oxygen atoms in total. The van der Waals surface area contributed by atoms with Gasteiger partial charge in [0.2, 0.25) is 0 Å². The van der Waals surface area contributed by atoms with Crippen LogP contribution in [0.15, 0.2) is 23.1 Å². The Morgan fingerprint density at radius 3 is 2.86 bits per heavy atom. The van der Waals surface area contributed by atoms with Gasteiger partial charge in [0, 0.05) is 10.8 Å². The number of allylic oxidation sites excluding steroid dienone is 2. The monoisotopic (exact) mass is 248 g/mol. The highest BCUT2D eigenvalue weighted by Gasteiger charge is 2.63. The van der Waals surface area contributed by atoms with E-state index >= 15 is 0 Å². The summed E-state index contributed by atoms with van der Waals surface area (Å²) in [6, 6.07) is 0. The van der Waals surface area contributed by atoms with E-state index in [-0.39, 0.29) is 16.4 Å². The second-order valence-electron chi connectivity index (χ2n) is 3.88. The van der Waals surface area contributed by atoms with Crippen LogP contribution in [-0.2, 0) is 21.6 Å². The minimum atomic E-state index is -1.09. The fourth-order valence-corrected chi connectivity index (χ4v) is 7.17. The third-order valence-electron chi connectivity index (χ3n) is 3.18. The highest BCUT2D eigenvalue weighted by molar-refractivity contribution is 7.94. The fraction of sp³-hybridized carbons (Fsp3) is 0.556. The second kappa shape index (κ2) is 2.60. The molecular formula is C9H9ClO2S2. The molecule has 0 saturated carbocycles. The Hall–Kier alpha value is 0.0700. The molecule has 1 saturated heterocycles. The van der Waals surface area contributed by atoms with E-state index in [0.717, 1.165) is 4.91 Å². The van der Waals surface area contributed by atoms with Gasteiger partial charge in [-0.3, -0.25) is 8.42 Å². The Morgan fingerprint density at radius 2 is 2.21 bits per heavy atom. The van der Waals surface area contributed by atoms with Crippen molar-refractivity contribution in [2.75, 3.05) is 0 Å². The first kappa shape index (κ1) is 9.31. The van der Waals surface area contributed by atoms with Gasteiger partial charge in [-0.25, -0.2) is 0 Å². The largest absolute Gasteiger partial charge is 0.257 e. The van der Waals surface area contributed by atoms with Crippen LogP contribution in [0.4, 0.5) is 0 Å². The smallest absolute Gasteiger partial charge is 0.145 e. The Bertz CT molecular complexity index is 429. The molecule has 3 rings (SSSR count). The van der Waals surface area contributed by atoms with Crippen molar-refractivity contribution in [2.24, 2.45) is 5.92 Å². The number of fused-ring (bicyclic) bond motifs is 5. The van der Waals surface area contributed by atoms with E-state index in [0.29, 0.717) is 0 Å². The van der Waals surface area contributed by atoms with Crippen molar-refractivity contribution in [3.05, 3.63) is 23.1 Å². The maximum Gasteiger partial charge on any atom is 0.145 e. The van der Waals surface area contributed by atoms with Crippen LogP contribution in [-0.4, -0.2) is 23.1 Å². The van der Waals surface area contributed by atoms with Gasteiger partial charge < -0.3 is 0 Å². The van der Waals surface area contributed by atoms with Gasteiger partial charge in [-0.05, 0) is 6.92 Å². The van der Waals surface area contributed by atoms with Gasteiger partial charge in [0.25, 0.3) is 0 Å². The van der Waals surface area contributed by atoms with Crippen molar-refractivity contribution in [2.45, 2.75) is 21.6 Å². The molecule has 0 aromatic heterocycles. The maximum absolute atomic E-state index is 11.9. The molecule has 0 aliphatic carbocycles. The van der Waals surface area contributed by atoms with Crippen LogP contribution in [0.1, 0.15) is 6.92 Å². The third-order valence-corrected chi connectivity index (χ3v) is 8.01. The lowest BCUT2D eigenvalue weighted by atomic mass is 9.93. The minimum Gasteiger partial charge on any atom is -0.257 e. The molecule has 0 radical (unpaired) electrons. The van der Waals surface area contributed by atoms with Crippen LogP contribution < -0.4 is 0 Å². The molecule has 3 heterocycles. The summed E-state index contributed by atoms with van der Waals surface area (Å²) in [6.07, 6.45) is 5.63. The first-order valence-corrected chi connectivity index (χ1v) is 7.24. The van der Waals surface area contributed by atoms with Gasteiger partial charge >= 0.3 is 0 Å². The molecule has 0 aromatic carbocycles. The molecule has 0 aromatic rings. The first-order valence-electron chi connectivity index (χ1n) is 4.43. The van der Waals surface area contributed by atoms with Crippen molar-refractivity contribution in [1.29, 1.82) is 0 Å². The highest BCUT2D eigenvalue weighted by Crippen LogP contribution is 2.54. The molecule has 3 aliphatic rings. The molecule has 2 bridgehead atoms. The van der Waals surface area contributed by atoms with Crippen molar-refractivity contribution < 1.29 is 8.42 Å². The van der Waals surface area contributed by atoms with Gasteiger partial charge in [-0.1, -0.05) is 29.8 Å². The Labute approximate surface area is 92.3 Å². The van der Waals surface area contributed by atoms with Gasteiger partial charge in [0.05, 0.1) is 32.1 Å². The van der Waals surface area contributed by atoms with Crippen LogP contribution in [0, 0.1) is 5.92 Å². The number of alkyl halides is 1. The van der Waals surface area contributed by atoms with Crippen molar-refractivity contribution >= 4 is 33.2 Å². The van der Waals surface area contributed by atoms with E-state index in [1.165, 1.54) is 0 Å². The van der Waals surface area contributed by atoms with E-state index in [4.69, 9.17) is 11.6 Å². The Kier molecular flexibility index (Phi) is 1.73. The lowest BCUT2D eigenvalue weighted by Crippen LogP contribution is -2.31. The van der Waals surface area contributed by atoms with Gasteiger partial charge in [0.1, 0.15) is 4.21 Å². The standard InChI is InChI=1S/C9H9ClO2S2/c1-5-4-6-8(13(5)11)7-2-3-9(6,10)14(7)12/h2-4,6-8H,1H3/t6-,7+,8+,9-,13?,14?/m0/s1. The summed E-state index contributed by atoms with van der Waals surface area (Å²) >= 11 is 6.31. The molecule has 5 heteroatoms. The zero-order valence-corrected chi connectivity index (χ0v) is 9.86. The summed E-state index contributed by atoms with van der Waals surface area (Å²) < 4.78 is 23.0. The molecule has 14 heavy (non-hydrogen) atoms. The molecule has 0 N–H and O–H groups in total. The molecule has 1 fully saturated rings. The predicted molar refractivity (Wildman–Crippen MR) is 58.8 cm³/mol. The zero-order valence-electron chi connectivity index (χ0n) is 7.48. The summed E-state index contributed by atoms with van der Waals surface area (Å²) in [7, 11) is -2.08. The van der Waals surface area contributed by atoms with Gasteiger partial charge in [-0.15, -0.1) is 0 Å². The van der Waals surface area contributed by atoms with Crippen molar-refractivity contribution in [3.8, 4) is 0 Å². The molecule has 0 amide bonds. The van der Waals surface area contributed by atoms with E-state index in [1.807, 2.05) is 25.2 Å². The van der Waals surface area contributed by atoms with Crippen molar-refractivity contribution in [1.82, 2.24) is 0 Å². The third kappa shape index (κ3) is 0.836. The summed E-state index contributed by atoms with van der Waals surface area (Å²) in [6.45, 7) is 1.86. The van der Waals surface area contributed by atoms with E-state index in [2.05, 4.69) is 0 Å². The predicted octanol–water partition coefficient (Wildman–Crippen LogP) is 1.27. The van der Waals surface area contributed by atoms with E-state index in [9.17, 15) is 8.42 Å². The van der Waals surface area contributed by atoms with Gasteiger partial charge in [-0.2, -0.15) is 0 Å². The van der Waals surface area contributed by atoms with Crippen LogP contribution >= 0.6 is 11.6 Å². The fourth-order valence-electron chi connectivity index (χ4n) is 2.48. The zero-order chi connectivity index (χ0) is 10.1. The average molecular weight is 249 g/mol. The molecule has 76 valence electrons. The Morgan fingerprint density at radius 1 is 1.50 bits per heavy atom. The average Bonchev–Trinajstić information content (AvgIpc) is 2.65. The van der Waals surface area contributed by atoms with Crippen LogP contribution in [0.2, 0.25) is 0 Å². The highest BCUT2D eigenvalue weighted by atomic mass is 35.5. The SMILES string of the molecule is CC1=C[C@H]2[C@H]([C@H]3C=C[C@]2(Cl)S3=O)S1=O. The first-order chi connectivity index (χ1) is 6.55. The van der Waals surface area contributed by atoms with E-state index < -0.39 is 25.8 Å². The molecule has 6 atom stereocenters. The summed E-state index contributed by atoms with van der Waals surface area (Å²) in [4.78, 5) is 0.885. The van der Waals surface area contributed by atoms with Gasteiger partial charge in [0.15, 0.2) is 0 Å². The number of hydrogen-bond acceptors (Lipinski definition) is 2. The van der Waals surface area contributed by atoms with Crippen LogP contribution in [0.5, 0.6) is 0 Å². The maximum atomic E-state index is 11.9. The Balaban J connectivity index is 2.18. The molecule has 0 spiro atoms. The quantitative estimate of drug-likeness (QED) is 0.478. The topological polar surface area (TPSA) is 34.1 Å². The second-order valence-corrected chi connectivity index (χ2v) is 8.33. The molecule has 2 unspecified atom stereocenters. The molecular weight excluding hydrogens is 240 g/mol. The lowest BCUT2D eigenvalue weighted by Gasteiger charge is -2.21. The van der Waals surface area contributed by atoms with E-state index in [1.54, 1.807) is 0 Å². The van der Waals surface area contributed by atoms with Crippen molar-refractivity contribution in [3.63, 3.8) is 0 Å². The number of hydrogen-bond donors (Lipinski definition) is 0. The van der Waals surface area contributed by atoms with Crippen LogP contribution in [0.25, 0.3) is 0 Å². The lowest BCUT2D eigenvalue weighted by molar-refractivity contribution is 0.609. The minimum absolute atomic E-state index is 0.000772. The summed E-state index contributed by atoms with van der Waals surface area (Å²) in [5.74, 6) is 0.000772. The van der Waals surface area contributed by atoms with Crippen LogP contribution in [0.3, 0.4) is 0 Å². The summed E-state index contributed by atoms with van der Waals surface area (Å²) in [5, 5.41) is -0.148. The molecule has 3 aliphatic heterocycles.